The Bertz CT molecular complexity index is 388. The number of nitrogens with zero attached hydrogens (tertiary/aromatic N) is 1. The standard InChI is InChI=1S/C14H24N2O2/c1-3-4-8-15-12-13-7-5-9-16(14(13)17)10-6-11-18-2/h5,7,9,15H,3-4,6,8,10-12H2,1-2H3. The fourth-order valence-corrected chi connectivity index (χ4v) is 1.80. The van der Waals surface area contributed by atoms with E-state index in [9.17, 15) is 4.79 Å². The molecule has 1 aromatic rings. The van der Waals surface area contributed by atoms with E-state index >= 15 is 0 Å². The first-order valence-corrected chi connectivity index (χ1v) is 6.67. The van der Waals surface area contributed by atoms with Gasteiger partial charge in [0.05, 0.1) is 0 Å². The minimum Gasteiger partial charge on any atom is -0.385 e. The highest BCUT2D eigenvalue weighted by molar-refractivity contribution is 5.10. The average molecular weight is 252 g/mol. The molecule has 1 N–H and O–H groups in total. The van der Waals surface area contributed by atoms with E-state index in [1.165, 1.54) is 6.42 Å². The molecule has 1 rings (SSSR count). The highest BCUT2D eigenvalue weighted by Crippen LogP contribution is 1.94. The van der Waals surface area contributed by atoms with Crippen LogP contribution in [0.1, 0.15) is 31.7 Å². The van der Waals surface area contributed by atoms with Crippen molar-refractivity contribution in [3.05, 3.63) is 34.2 Å². The number of aromatic nitrogens is 1. The van der Waals surface area contributed by atoms with Gasteiger partial charge in [-0.25, -0.2) is 0 Å². The van der Waals surface area contributed by atoms with E-state index in [0.29, 0.717) is 13.2 Å². The molecule has 0 amide bonds. The zero-order chi connectivity index (χ0) is 13.2. The summed E-state index contributed by atoms with van der Waals surface area (Å²) >= 11 is 0. The first-order valence-electron chi connectivity index (χ1n) is 6.67. The minimum atomic E-state index is 0.109. The van der Waals surface area contributed by atoms with Crippen molar-refractivity contribution < 1.29 is 4.74 Å². The molecule has 4 heteroatoms. The quantitative estimate of drug-likeness (QED) is 0.681. The smallest absolute Gasteiger partial charge is 0.255 e. The van der Waals surface area contributed by atoms with Gasteiger partial charge < -0.3 is 14.6 Å². The molecule has 0 aromatic carbocycles. The van der Waals surface area contributed by atoms with Crippen LogP contribution in [0.25, 0.3) is 0 Å². The lowest BCUT2D eigenvalue weighted by Crippen LogP contribution is -2.27. The van der Waals surface area contributed by atoms with E-state index in [0.717, 1.165) is 31.5 Å². The van der Waals surface area contributed by atoms with E-state index in [1.54, 1.807) is 11.7 Å². The number of methoxy groups -OCH3 is 1. The topological polar surface area (TPSA) is 43.3 Å². The van der Waals surface area contributed by atoms with Crippen molar-refractivity contribution in [1.29, 1.82) is 0 Å². The second-order valence-electron chi connectivity index (χ2n) is 4.41. The number of pyridine rings is 1. The summed E-state index contributed by atoms with van der Waals surface area (Å²) in [7, 11) is 1.68. The van der Waals surface area contributed by atoms with E-state index in [1.807, 2.05) is 18.3 Å². The maximum Gasteiger partial charge on any atom is 0.255 e. The van der Waals surface area contributed by atoms with Crippen molar-refractivity contribution in [2.45, 2.75) is 39.3 Å². The molecule has 0 saturated carbocycles. The lowest BCUT2D eigenvalue weighted by Gasteiger charge is -2.08. The molecule has 18 heavy (non-hydrogen) atoms. The van der Waals surface area contributed by atoms with Crippen molar-refractivity contribution in [1.82, 2.24) is 9.88 Å². The second kappa shape index (κ2) is 8.89. The molecule has 0 saturated heterocycles. The molecule has 0 aliphatic heterocycles. The van der Waals surface area contributed by atoms with E-state index in [2.05, 4.69) is 12.2 Å². The Hall–Kier alpha value is -1.13. The molecule has 1 heterocycles. The third-order valence-corrected chi connectivity index (χ3v) is 2.87. The lowest BCUT2D eigenvalue weighted by molar-refractivity contribution is 0.190. The number of aryl methyl sites for hydroxylation is 1. The Balaban J connectivity index is 2.52. The van der Waals surface area contributed by atoms with Crippen molar-refractivity contribution in [3.63, 3.8) is 0 Å². The molecule has 0 fully saturated rings. The molecule has 0 spiro atoms. The summed E-state index contributed by atoms with van der Waals surface area (Å²) in [6.07, 6.45) is 5.02. The predicted octanol–water partition coefficient (Wildman–Crippen LogP) is 1.77. The van der Waals surface area contributed by atoms with Crippen molar-refractivity contribution >= 4 is 0 Å². The molecule has 4 nitrogen and oxygen atoms in total. The molecule has 0 unspecified atom stereocenters. The van der Waals surface area contributed by atoms with Gasteiger partial charge in [-0.1, -0.05) is 19.4 Å². The van der Waals surface area contributed by atoms with Crippen molar-refractivity contribution in [2.75, 3.05) is 20.3 Å². The lowest BCUT2D eigenvalue weighted by atomic mass is 10.2. The SMILES string of the molecule is CCCCNCc1cccn(CCCOC)c1=O. The van der Waals surface area contributed by atoms with Crippen molar-refractivity contribution in [2.24, 2.45) is 0 Å². The van der Waals surface area contributed by atoms with Gasteiger partial charge in [0.2, 0.25) is 0 Å². The van der Waals surface area contributed by atoms with Gasteiger partial charge in [-0.15, -0.1) is 0 Å². The van der Waals surface area contributed by atoms with Crippen LogP contribution in [-0.2, 0) is 17.8 Å². The Kier molecular flexibility index (Phi) is 7.37. The molecule has 0 bridgehead atoms. The van der Waals surface area contributed by atoms with Gasteiger partial charge in [0, 0.05) is 38.6 Å². The summed E-state index contributed by atoms with van der Waals surface area (Å²) in [5.41, 5.74) is 0.948. The number of unbranched alkanes of at least 4 members (excludes halogenated alkanes) is 1. The van der Waals surface area contributed by atoms with Crippen LogP contribution in [0.15, 0.2) is 23.1 Å². The fraction of sp³-hybridized carbons (Fsp3) is 0.643. The molecule has 0 aliphatic carbocycles. The summed E-state index contributed by atoms with van der Waals surface area (Å²) in [5.74, 6) is 0. The second-order valence-corrected chi connectivity index (χ2v) is 4.41. The van der Waals surface area contributed by atoms with Crippen LogP contribution in [0.4, 0.5) is 0 Å². The normalized spacial score (nSPS) is 10.8. The summed E-state index contributed by atoms with van der Waals surface area (Å²) in [6, 6.07) is 3.83. The Morgan fingerprint density at radius 1 is 1.39 bits per heavy atom. The minimum absolute atomic E-state index is 0.109. The van der Waals surface area contributed by atoms with Crippen LogP contribution >= 0.6 is 0 Å². The number of hydrogen-bond donors (Lipinski definition) is 1. The van der Waals surface area contributed by atoms with E-state index in [4.69, 9.17) is 4.74 Å². The van der Waals surface area contributed by atoms with Crippen molar-refractivity contribution in [3.8, 4) is 0 Å². The highest BCUT2D eigenvalue weighted by Gasteiger charge is 2.02. The van der Waals surface area contributed by atoms with Gasteiger partial charge in [0.1, 0.15) is 0 Å². The maximum absolute atomic E-state index is 12.1. The van der Waals surface area contributed by atoms with Crippen LogP contribution in [-0.4, -0.2) is 24.8 Å². The highest BCUT2D eigenvalue weighted by atomic mass is 16.5. The number of rotatable bonds is 9. The zero-order valence-corrected chi connectivity index (χ0v) is 11.4. The third kappa shape index (κ3) is 5.02. The molecule has 102 valence electrons. The first-order chi connectivity index (χ1) is 8.79. The first kappa shape index (κ1) is 14.9. The van der Waals surface area contributed by atoms with Gasteiger partial charge in [0.15, 0.2) is 0 Å². The Morgan fingerprint density at radius 3 is 2.94 bits per heavy atom. The number of hydrogen-bond acceptors (Lipinski definition) is 3. The molecule has 0 atom stereocenters. The molecule has 0 radical (unpaired) electrons. The third-order valence-electron chi connectivity index (χ3n) is 2.87. The van der Waals surface area contributed by atoms with Gasteiger partial charge in [-0.2, -0.15) is 0 Å². The average Bonchev–Trinajstić information content (AvgIpc) is 2.38. The van der Waals surface area contributed by atoms with Gasteiger partial charge >= 0.3 is 0 Å². The molecular formula is C14H24N2O2. The number of nitrogens with one attached hydrogen (secondary N) is 1. The monoisotopic (exact) mass is 252 g/mol. The molecule has 0 aliphatic rings. The predicted molar refractivity (Wildman–Crippen MR) is 73.8 cm³/mol. The van der Waals surface area contributed by atoms with Crippen LogP contribution in [0.5, 0.6) is 0 Å². The maximum atomic E-state index is 12.1. The fourth-order valence-electron chi connectivity index (χ4n) is 1.80. The van der Waals surface area contributed by atoms with Crippen LogP contribution in [0.3, 0.4) is 0 Å². The summed E-state index contributed by atoms with van der Waals surface area (Å²) < 4.78 is 6.76. The van der Waals surface area contributed by atoms with Crippen LogP contribution in [0, 0.1) is 0 Å². The Morgan fingerprint density at radius 2 is 2.22 bits per heavy atom. The zero-order valence-electron chi connectivity index (χ0n) is 11.4. The van der Waals surface area contributed by atoms with Gasteiger partial charge in [0.25, 0.3) is 5.56 Å². The largest absolute Gasteiger partial charge is 0.385 e. The summed E-state index contributed by atoms with van der Waals surface area (Å²) in [5, 5.41) is 3.30. The van der Waals surface area contributed by atoms with Gasteiger partial charge in [-0.3, -0.25) is 4.79 Å². The van der Waals surface area contributed by atoms with Gasteiger partial charge in [-0.05, 0) is 25.5 Å². The Labute approximate surface area is 109 Å². The van der Waals surface area contributed by atoms with E-state index in [-0.39, 0.29) is 5.56 Å². The number of ether oxygens (including phenoxy) is 1. The summed E-state index contributed by atoms with van der Waals surface area (Å²) in [4.78, 5) is 12.1. The molecule has 1 aromatic heterocycles. The van der Waals surface area contributed by atoms with Crippen LogP contribution < -0.4 is 10.9 Å². The summed E-state index contributed by atoms with van der Waals surface area (Å²) in [6.45, 7) is 5.19. The van der Waals surface area contributed by atoms with E-state index < -0.39 is 0 Å². The van der Waals surface area contributed by atoms with Crippen LogP contribution in [0.2, 0.25) is 0 Å². The molecular weight excluding hydrogens is 228 g/mol.